The van der Waals surface area contributed by atoms with Gasteiger partial charge in [0, 0.05) is 24.7 Å². The van der Waals surface area contributed by atoms with E-state index in [1.165, 1.54) is 36.8 Å². The lowest BCUT2D eigenvalue weighted by Gasteiger charge is -2.32. The van der Waals surface area contributed by atoms with Crippen molar-refractivity contribution in [2.45, 2.75) is 38.8 Å². The fraction of sp³-hybridized carbons (Fsp3) is 0.478. The van der Waals surface area contributed by atoms with Gasteiger partial charge in [-0.3, -0.25) is 4.90 Å². The zero-order valence-corrected chi connectivity index (χ0v) is 17.0. The number of ether oxygens (including phenoxy) is 2. The quantitative estimate of drug-likeness (QED) is 0.722. The first-order chi connectivity index (χ1) is 13.7. The first kappa shape index (κ1) is 19.6. The minimum atomic E-state index is 0.317. The van der Waals surface area contributed by atoms with Gasteiger partial charge in [-0.15, -0.1) is 0 Å². The Morgan fingerprint density at radius 3 is 2.25 bits per heavy atom. The van der Waals surface area contributed by atoms with E-state index in [9.17, 15) is 0 Å². The third-order valence-corrected chi connectivity index (χ3v) is 6.23. The van der Waals surface area contributed by atoms with Crippen LogP contribution in [-0.4, -0.2) is 24.8 Å². The number of halogens is 1. The molecule has 4 rings (SSSR count). The smallest absolute Gasteiger partial charge is 0.231 e. The monoisotopic (exact) mass is 400 g/mol. The molecule has 1 fully saturated rings. The molecule has 1 aliphatic heterocycles. The first-order valence-corrected chi connectivity index (χ1v) is 10.6. The van der Waals surface area contributed by atoms with E-state index in [2.05, 4.69) is 29.2 Å². The van der Waals surface area contributed by atoms with Crippen molar-refractivity contribution in [2.75, 3.05) is 19.9 Å². The zero-order chi connectivity index (χ0) is 19.3. The van der Waals surface area contributed by atoms with Crippen LogP contribution in [0.4, 0.5) is 0 Å². The van der Waals surface area contributed by atoms with Gasteiger partial charge in [0.05, 0.1) is 0 Å². The molecule has 2 N–H and O–H groups in total. The molecule has 0 amide bonds. The van der Waals surface area contributed by atoms with E-state index in [1.807, 2.05) is 18.2 Å². The van der Waals surface area contributed by atoms with E-state index in [4.69, 9.17) is 26.8 Å². The maximum Gasteiger partial charge on any atom is 0.231 e. The zero-order valence-electron chi connectivity index (χ0n) is 16.3. The lowest BCUT2D eigenvalue weighted by molar-refractivity contribution is 0.169. The molecular weight excluding hydrogens is 372 g/mol. The van der Waals surface area contributed by atoms with Crippen LogP contribution in [0.5, 0.6) is 11.5 Å². The number of hydrogen-bond donors (Lipinski definition) is 1. The molecule has 0 atom stereocenters. The van der Waals surface area contributed by atoms with Crippen molar-refractivity contribution < 1.29 is 9.47 Å². The van der Waals surface area contributed by atoms with Gasteiger partial charge in [0.25, 0.3) is 0 Å². The van der Waals surface area contributed by atoms with E-state index in [0.29, 0.717) is 6.79 Å². The van der Waals surface area contributed by atoms with E-state index in [0.717, 1.165) is 54.5 Å². The first-order valence-electron chi connectivity index (χ1n) is 10.2. The van der Waals surface area contributed by atoms with E-state index >= 15 is 0 Å². The highest BCUT2D eigenvalue weighted by Gasteiger charge is 2.23. The lowest BCUT2D eigenvalue weighted by atomic mass is 9.82. The van der Waals surface area contributed by atoms with Crippen molar-refractivity contribution in [1.29, 1.82) is 0 Å². The standard InChI is InChI=1S/C23H29ClN2O2/c24-21-8-5-19(6-9-21)14-26(13-18-3-1-17(12-25)2-4-18)15-20-7-10-22-23(11-20)28-16-27-22/h5-11,17-18H,1-4,12-16,25H2. The predicted molar refractivity (Wildman–Crippen MR) is 113 cm³/mol. The van der Waals surface area contributed by atoms with Gasteiger partial charge in [-0.1, -0.05) is 29.8 Å². The van der Waals surface area contributed by atoms with Crippen LogP contribution in [0, 0.1) is 11.8 Å². The number of nitrogens with two attached hydrogens (primary N) is 1. The van der Waals surface area contributed by atoms with Crippen molar-refractivity contribution >= 4 is 11.6 Å². The summed E-state index contributed by atoms with van der Waals surface area (Å²) in [6, 6.07) is 14.5. The summed E-state index contributed by atoms with van der Waals surface area (Å²) in [5.74, 6) is 3.15. The van der Waals surface area contributed by atoms with E-state index < -0.39 is 0 Å². The molecule has 28 heavy (non-hydrogen) atoms. The van der Waals surface area contributed by atoms with Crippen LogP contribution >= 0.6 is 11.6 Å². The molecule has 0 bridgehead atoms. The summed E-state index contributed by atoms with van der Waals surface area (Å²) in [4.78, 5) is 2.55. The molecule has 2 aliphatic rings. The Kier molecular flexibility index (Phi) is 6.40. The van der Waals surface area contributed by atoms with Crippen molar-refractivity contribution in [3.8, 4) is 11.5 Å². The Labute approximate surface area is 172 Å². The lowest BCUT2D eigenvalue weighted by Crippen LogP contribution is -2.32. The molecule has 0 spiro atoms. The molecule has 0 unspecified atom stereocenters. The molecule has 5 heteroatoms. The fourth-order valence-electron chi connectivity index (χ4n) is 4.35. The highest BCUT2D eigenvalue weighted by molar-refractivity contribution is 6.30. The molecule has 0 saturated heterocycles. The number of nitrogens with zero attached hydrogens (tertiary/aromatic N) is 1. The minimum absolute atomic E-state index is 0.317. The molecule has 1 saturated carbocycles. The highest BCUT2D eigenvalue weighted by atomic mass is 35.5. The number of hydrogen-bond acceptors (Lipinski definition) is 4. The van der Waals surface area contributed by atoms with Crippen molar-refractivity contribution in [3.05, 3.63) is 58.6 Å². The molecule has 4 nitrogen and oxygen atoms in total. The average Bonchev–Trinajstić information content (AvgIpc) is 3.18. The van der Waals surface area contributed by atoms with E-state index in [-0.39, 0.29) is 0 Å². The molecule has 0 radical (unpaired) electrons. The second-order valence-electron chi connectivity index (χ2n) is 8.11. The van der Waals surface area contributed by atoms with Crippen LogP contribution in [0.2, 0.25) is 5.02 Å². The van der Waals surface area contributed by atoms with Gasteiger partial charge in [-0.05, 0) is 79.5 Å². The summed E-state index contributed by atoms with van der Waals surface area (Å²) < 4.78 is 11.0. The molecule has 1 heterocycles. The fourth-order valence-corrected chi connectivity index (χ4v) is 4.47. The van der Waals surface area contributed by atoms with Crippen LogP contribution in [0.1, 0.15) is 36.8 Å². The Balaban J connectivity index is 1.45. The summed E-state index contributed by atoms with van der Waals surface area (Å²) in [5.41, 5.74) is 8.42. The topological polar surface area (TPSA) is 47.7 Å². The Hall–Kier alpha value is -1.75. The number of fused-ring (bicyclic) bond motifs is 1. The summed E-state index contributed by atoms with van der Waals surface area (Å²) in [6.07, 6.45) is 5.08. The third-order valence-electron chi connectivity index (χ3n) is 5.98. The van der Waals surface area contributed by atoms with Gasteiger partial charge in [-0.2, -0.15) is 0 Å². The van der Waals surface area contributed by atoms with Crippen LogP contribution in [0.3, 0.4) is 0 Å². The number of rotatable bonds is 7. The van der Waals surface area contributed by atoms with Crippen LogP contribution in [0.25, 0.3) is 0 Å². The number of benzene rings is 2. The van der Waals surface area contributed by atoms with Crippen molar-refractivity contribution in [2.24, 2.45) is 17.6 Å². The predicted octanol–water partition coefficient (Wildman–Crippen LogP) is 4.84. The Bertz CT molecular complexity index is 773. The summed E-state index contributed by atoms with van der Waals surface area (Å²) in [7, 11) is 0. The summed E-state index contributed by atoms with van der Waals surface area (Å²) in [5, 5.41) is 0.783. The molecule has 2 aromatic rings. The highest BCUT2D eigenvalue weighted by Crippen LogP contribution is 2.34. The molecule has 0 aromatic heterocycles. The molecular formula is C23H29ClN2O2. The average molecular weight is 401 g/mol. The third kappa shape index (κ3) is 4.99. The van der Waals surface area contributed by atoms with Crippen LogP contribution in [0.15, 0.2) is 42.5 Å². The Morgan fingerprint density at radius 2 is 1.50 bits per heavy atom. The van der Waals surface area contributed by atoms with E-state index in [1.54, 1.807) is 0 Å². The van der Waals surface area contributed by atoms with Gasteiger partial charge in [0.2, 0.25) is 6.79 Å². The second-order valence-corrected chi connectivity index (χ2v) is 8.54. The van der Waals surface area contributed by atoms with Gasteiger partial charge < -0.3 is 15.2 Å². The molecule has 1 aliphatic carbocycles. The van der Waals surface area contributed by atoms with Crippen molar-refractivity contribution in [1.82, 2.24) is 4.90 Å². The van der Waals surface area contributed by atoms with Crippen LogP contribution < -0.4 is 15.2 Å². The largest absolute Gasteiger partial charge is 0.454 e. The maximum absolute atomic E-state index is 6.07. The maximum atomic E-state index is 6.07. The molecule has 150 valence electrons. The SMILES string of the molecule is NCC1CCC(CN(Cc2ccc(Cl)cc2)Cc2ccc3c(c2)OCO3)CC1. The van der Waals surface area contributed by atoms with Crippen LogP contribution in [-0.2, 0) is 13.1 Å². The normalized spacial score (nSPS) is 21.2. The van der Waals surface area contributed by atoms with Gasteiger partial charge in [-0.25, -0.2) is 0 Å². The summed E-state index contributed by atoms with van der Waals surface area (Å²) >= 11 is 6.07. The Morgan fingerprint density at radius 1 is 0.857 bits per heavy atom. The second kappa shape index (κ2) is 9.17. The van der Waals surface area contributed by atoms with Gasteiger partial charge in [0.15, 0.2) is 11.5 Å². The van der Waals surface area contributed by atoms with Gasteiger partial charge in [0.1, 0.15) is 0 Å². The summed E-state index contributed by atoms with van der Waals surface area (Å²) in [6.45, 7) is 4.07. The minimum Gasteiger partial charge on any atom is -0.454 e. The van der Waals surface area contributed by atoms with Gasteiger partial charge >= 0.3 is 0 Å². The molecule has 2 aromatic carbocycles. The van der Waals surface area contributed by atoms with Crippen molar-refractivity contribution in [3.63, 3.8) is 0 Å².